The highest BCUT2D eigenvalue weighted by atomic mass is 32.2. The third-order valence-electron chi connectivity index (χ3n) is 4.65. The molecule has 28 heavy (non-hydrogen) atoms. The van der Waals surface area contributed by atoms with E-state index in [0.717, 1.165) is 25.2 Å². The van der Waals surface area contributed by atoms with Gasteiger partial charge in [0, 0.05) is 24.7 Å². The summed E-state index contributed by atoms with van der Waals surface area (Å²) in [4.78, 5) is 14.7. The summed E-state index contributed by atoms with van der Waals surface area (Å²) < 4.78 is 28.1. The third-order valence-corrected chi connectivity index (χ3v) is 6.18. The summed E-state index contributed by atoms with van der Waals surface area (Å²) in [6.07, 6.45) is 0. The standard InChI is InChI=1S/C21H29N3O3S/c1-4-24(5-2)15-14-22-21(25)19-12-9-13-20(16-19)28(26,27)23-17(3)18-10-7-6-8-11-18/h6-13,16-17,23H,4-5,14-15H2,1-3H3,(H,22,25). The maximum Gasteiger partial charge on any atom is 0.251 e. The zero-order valence-corrected chi connectivity index (χ0v) is 17.5. The Bertz CT molecular complexity index is 865. The lowest BCUT2D eigenvalue weighted by Gasteiger charge is -2.18. The third kappa shape index (κ3) is 6.15. The molecule has 0 saturated carbocycles. The van der Waals surface area contributed by atoms with Gasteiger partial charge < -0.3 is 10.2 Å². The minimum absolute atomic E-state index is 0.0756. The van der Waals surface area contributed by atoms with Crippen LogP contribution in [0.1, 0.15) is 42.7 Å². The number of nitrogens with one attached hydrogen (secondary N) is 2. The first-order valence-electron chi connectivity index (χ1n) is 9.55. The van der Waals surface area contributed by atoms with E-state index < -0.39 is 10.0 Å². The summed E-state index contributed by atoms with van der Waals surface area (Å²) in [7, 11) is -3.74. The molecular weight excluding hydrogens is 374 g/mol. The smallest absolute Gasteiger partial charge is 0.251 e. The Morgan fingerprint density at radius 3 is 2.36 bits per heavy atom. The molecule has 0 bridgehead atoms. The summed E-state index contributed by atoms with van der Waals surface area (Å²) in [6.45, 7) is 9.05. The van der Waals surface area contributed by atoms with Gasteiger partial charge in [-0.1, -0.05) is 50.2 Å². The molecule has 2 N–H and O–H groups in total. The number of carbonyl (C=O) groups is 1. The minimum Gasteiger partial charge on any atom is -0.351 e. The molecule has 0 aliphatic rings. The predicted octanol–water partition coefficient (Wildman–Crippen LogP) is 2.80. The lowest BCUT2D eigenvalue weighted by Crippen LogP contribution is -2.35. The summed E-state index contributed by atoms with van der Waals surface area (Å²) >= 11 is 0. The van der Waals surface area contributed by atoms with Crippen molar-refractivity contribution in [3.8, 4) is 0 Å². The summed E-state index contributed by atoms with van der Waals surface area (Å²) in [6, 6.07) is 15.1. The monoisotopic (exact) mass is 403 g/mol. The van der Waals surface area contributed by atoms with Crippen LogP contribution in [0.25, 0.3) is 0 Å². The van der Waals surface area contributed by atoms with E-state index >= 15 is 0 Å². The SMILES string of the molecule is CCN(CC)CCNC(=O)c1cccc(S(=O)(=O)NC(C)c2ccccc2)c1. The van der Waals surface area contributed by atoms with Crippen molar-refractivity contribution in [2.24, 2.45) is 0 Å². The van der Waals surface area contributed by atoms with Gasteiger partial charge in [-0.05, 0) is 43.8 Å². The molecule has 0 spiro atoms. The van der Waals surface area contributed by atoms with Crippen LogP contribution >= 0.6 is 0 Å². The molecule has 1 unspecified atom stereocenters. The van der Waals surface area contributed by atoms with E-state index in [1.54, 1.807) is 19.1 Å². The van der Waals surface area contributed by atoms with E-state index in [1.807, 2.05) is 30.3 Å². The van der Waals surface area contributed by atoms with Gasteiger partial charge in [0.15, 0.2) is 0 Å². The zero-order valence-electron chi connectivity index (χ0n) is 16.7. The molecule has 0 aromatic heterocycles. The second kappa shape index (κ2) is 10.4. The van der Waals surface area contributed by atoms with Gasteiger partial charge in [0.25, 0.3) is 5.91 Å². The van der Waals surface area contributed by atoms with Crippen molar-refractivity contribution >= 4 is 15.9 Å². The van der Waals surface area contributed by atoms with Crippen molar-refractivity contribution in [3.05, 3.63) is 65.7 Å². The average Bonchev–Trinajstić information content (AvgIpc) is 2.71. The maximum atomic E-state index is 12.7. The molecule has 0 saturated heterocycles. The van der Waals surface area contributed by atoms with Crippen molar-refractivity contribution in [2.75, 3.05) is 26.2 Å². The normalized spacial score (nSPS) is 12.7. The Morgan fingerprint density at radius 2 is 1.71 bits per heavy atom. The molecule has 1 atom stereocenters. The van der Waals surface area contributed by atoms with Gasteiger partial charge in [-0.15, -0.1) is 0 Å². The maximum absolute atomic E-state index is 12.7. The van der Waals surface area contributed by atoms with Gasteiger partial charge >= 0.3 is 0 Å². The van der Waals surface area contributed by atoms with Crippen LogP contribution in [0.5, 0.6) is 0 Å². The van der Waals surface area contributed by atoms with Crippen LogP contribution in [-0.4, -0.2) is 45.4 Å². The zero-order chi connectivity index (χ0) is 20.6. The molecule has 0 fully saturated rings. The first-order chi connectivity index (χ1) is 13.4. The summed E-state index contributed by atoms with van der Waals surface area (Å²) in [5.41, 5.74) is 1.20. The first-order valence-corrected chi connectivity index (χ1v) is 11.0. The van der Waals surface area contributed by atoms with Crippen LogP contribution in [0.4, 0.5) is 0 Å². The van der Waals surface area contributed by atoms with Gasteiger partial charge in [0.1, 0.15) is 0 Å². The highest BCUT2D eigenvalue weighted by molar-refractivity contribution is 7.89. The van der Waals surface area contributed by atoms with Crippen LogP contribution < -0.4 is 10.0 Å². The Morgan fingerprint density at radius 1 is 1.04 bits per heavy atom. The second-order valence-corrected chi connectivity index (χ2v) is 8.28. The van der Waals surface area contributed by atoms with Crippen molar-refractivity contribution in [1.29, 1.82) is 0 Å². The molecule has 1 amide bonds. The van der Waals surface area contributed by atoms with E-state index in [0.29, 0.717) is 12.1 Å². The number of hydrogen-bond donors (Lipinski definition) is 2. The van der Waals surface area contributed by atoms with Crippen LogP contribution in [-0.2, 0) is 10.0 Å². The fourth-order valence-electron chi connectivity index (χ4n) is 2.88. The molecule has 0 heterocycles. The van der Waals surface area contributed by atoms with Gasteiger partial charge in [-0.25, -0.2) is 13.1 Å². The van der Waals surface area contributed by atoms with Gasteiger partial charge in [0.05, 0.1) is 4.90 Å². The highest BCUT2D eigenvalue weighted by Gasteiger charge is 2.19. The molecule has 0 radical (unpaired) electrons. The lowest BCUT2D eigenvalue weighted by atomic mass is 10.1. The van der Waals surface area contributed by atoms with E-state index in [2.05, 4.69) is 28.8 Å². The topological polar surface area (TPSA) is 78.5 Å². The van der Waals surface area contributed by atoms with E-state index in [4.69, 9.17) is 0 Å². The molecule has 2 rings (SSSR count). The molecule has 6 nitrogen and oxygen atoms in total. The number of amides is 1. The van der Waals surface area contributed by atoms with Crippen LogP contribution in [0.2, 0.25) is 0 Å². The number of carbonyl (C=O) groups excluding carboxylic acids is 1. The predicted molar refractivity (Wildman–Crippen MR) is 112 cm³/mol. The van der Waals surface area contributed by atoms with Gasteiger partial charge in [0.2, 0.25) is 10.0 Å². The van der Waals surface area contributed by atoms with Crippen molar-refractivity contribution in [2.45, 2.75) is 31.7 Å². The van der Waals surface area contributed by atoms with Crippen molar-refractivity contribution in [3.63, 3.8) is 0 Å². The first kappa shape index (κ1) is 22.1. The largest absolute Gasteiger partial charge is 0.351 e. The van der Waals surface area contributed by atoms with Crippen LogP contribution in [0.3, 0.4) is 0 Å². The number of benzene rings is 2. The molecule has 152 valence electrons. The Balaban J connectivity index is 2.05. The van der Waals surface area contributed by atoms with Crippen LogP contribution in [0, 0.1) is 0 Å². The van der Waals surface area contributed by atoms with E-state index in [1.165, 1.54) is 12.1 Å². The molecular formula is C21H29N3O3S. The summed E-state index contributed by atoms with van der Waals surface area (Å²) in [5.74, 6) is -0.277. The molecule has 0 aliphatic heterocycles. The Hall–Kier alpha value is -2.22. The van der Waals surface area contributed by atoms with E-state index in [9.17, 15) is 13.2 Å². The Kier molecular flexibility index (Phi) is 8.17. The van der Waals surface area contributed by atoms with Gasteiger partial charge in [-0.3, -0.25) is 4.79 Å². The number of hydrogen-bond acceptors (Lipinski definition) is 4. The van der Waals surface area contributed by atoms with Gasteiger partial charge in [-0.2, -0.15) is 0 Å². The fraction of sp³-hybridized carbons (Fsp3) is 0.381. The highest BCUT2D eigenvalue weighted by Crippen LogP contribution is 2.17. The van der Waals surface area contributed by atoms with Crippen molar-refractivity contribution in [1.82, 2.24) is 14.9 Å². The number of rotatable bonds is 10. The van der Waals surface area contributed by atoms with Crippen molar-refractivity contribution < 1.29 is 13.2 Å². The summed E-state index contributed by atoms with van der Waals surface area (Å²) in [5, 5.41) is 2.85. The second-order valence-electron chi connectivity index (χ2n) is 6.56. The molecule has 7 heteroatoms. The molecule has 2 aromatic rings. The Labute approximate surface area is 168 Å². The van der Waals surface area contributed by atoms with Crippen LogP contribution in [0.15, 0.2) is 59.5 Å². The number of sulfonamides is 1. The number of nitrogens with zero attached hydrogens (tertiary/aromatic N) is 1. The molecule has 0 aliphatic carbocycles. The molecule has 2 aromatic carbocycles. The fourth-order valence-corrected chi connectivity index (χ4v) is 4.16. The quantitative estimate of drug-likeness (QED) is 0.639. The minimum atomic E-state index is -3.74. The van der Waals surface area contributed by atoms with E-state index in [-0.39, 0.29) is 16.8 Å². The lowest BCUT2D eigenvalue weighted by molar-refractivity contribution is 0.0948. The number of likely N-dealkylation sites (N-methyl/N-ethyl adjacent to an activating group) is 1. The average molecular weight is 404 g/mol.